The molecule has 0 spiro atoms. The van der Waals surface area contributed by atoms with Crippen molar-refractivity contribution < 1.29 is 12.8 Å². The molecular weight excluding hydrogens is 314 g/mol. The van der Waals surface area contributed by atoms with E-state index < -0.39 is 15.8 Å². The lowest BCUT2D eigenvalue weighted by molar-refractivity contribution is 0.315. The molecule has 0 aromatic heterocycles. The van der Waals surface area contributed by atoms with Crippen LogP contribution in [0.4, 0.5) is 4.39 Å². The van der Waals surface area contributed by atoms with Crippen LogP contribution in [-0.2, 0) is 10.0 Å². The summed E-state index contributed by atoms with van der Waals surface area (Å²) in [6.07, 6.45) is 1.48. The molecule has 0 radical (unpaired) electrons. The number of benzene rings is 1. The molecular formula is C11H15Cl2FN2O2S. The van der Waals surface area contributed by atoms with Crippen molar-refractivity contribution in [1.29, 1.82) is 0 Å². The zero-order valence-corrected chi connectivity index (χ0v) is 12.4. The van der Waals surface area contributed by atoms with Crippen molar-refractivity contribution >= 4 is 34.0 Å². The van der Waals surface area contributed by atoms with Gasteiger partial charge in [0.25, 0.3) is 0 Å². The van der Waals surface area contributed by atoms with Crippen molar-refractivity contribution in [2.45, 2.75) is 23.8 Å². The Labute approximate surface area is 123 Å². The fourth-order valence-electron chi connectivity index (χ4n) is 2.02. The molecule has 2 rings (SSSR count). The number of hydrogen-bond donors (Lipinski definition) is 1. The highest BCUT2D eigenvalue weighted by Crippen LogP contribution is 2.24. The molecule has 1 aliphatic heterocycles. The minimum atomic E-state index is -3.82. The molecule has 1 aromatic rings. The van der Waals surface area contributed by atoms with Crippen LogP contribution in [0.25, 0.3) is 0 Å². The maximum Gasteiger partial charge on any atom is 0.246 e. The average molecular weight is 329 g/mol. The fourth-order valence-corrected chi connectivity index (χ4v) is 3.76. The van der Waals surface area contributed by atoms with Crippen LogP contribution in [0.1, 0.15) is 12.8 Å². The van der Waals surface area contributed by atoms with E-state index in [9.17, 15) is 12.8 Å². The Kier molecular flexibility index (Phi) is 5.58. The van der Waals surface area contributed by atoms with Gasteiger partial charge in [-0.3, -0.25) is 0 Å². The first kappa shape index (κ1) is 16.7. The Morgan fingerprint density at radius 1 is 1.42 bits per heavy atom. The van der Waals surface area contributed by atoms with E-state index in [0.717, 1.165) is 12.5 Å². The molecule has 0 aliphatic carbocycles. The molecule has 1 unspecified atom stereocenters. The van der Waals surface area contributed by atoms with Gasteiger partial charge in [-0.15, -0.1) is 12.4 Å². The molecule has 1 atom stereocenters. The number of nitrogens with zero attached hydrogens (tertiary/aromatic N) is 1. The van der Waals surface area contributed by atoms with Crippen molar-refractivity contribution in [2.24, 2.45) is 5.73 Å². The largest absolute Gasteiger partial charge is 0.327 e. The summed E-state index contributed by atoms with van der Waals surface area (Å²) in [5.74, 6) is -0.832. The predicted octanol–water partition coefficient (Wildman–Crippen LogP) is 2.01. The van der Waals surface area contributed by atoms with Crippen LogP contribution in [0.2, 0.25) is 5.02 Å². The van der Waals surface area contributed by atoms with E-state index in [1.54, 1.807) is 0 Å². The number of hydrogen-bond acceptors (Lipinski definition) is 3. The van der Waals surface area contributed by atoms with Crippen molar-refractivity contribution in [3.63, 3.8) is 0 Å². The lowest BCUT2D eigenvalue weighted by Crippen LogP contribution is -2.45. The van der Waals surface area contributed by atoms with Gasteiger partial charge in [-0.25, -0.2) is 12.8 Å². The van der Waals surface area contributed by atoms with E-state index in [-0.39, 0.29) is 34.9 Å². The van der Waals surface area contributed by atoms with E-state index in [0.29, 0.717) is 13.0 Å². The molecule has 0 bridgehead atoms. The van der Waals surface area contributed by atoms with Crippen molar-refractivity contribution in [1.82, 2.24) is 4.31 Å². The lowest BCUT2D eigenvalue weighted by atomic mass is 10.1. The normalized spacial score (nSPS) is 20.9. The van der Waals surface area contributed by atoms with Gasteiger partial charge in [-0.1, -0.05) is 11.6 Å². The highest BCUT2D eigenvalue weighted by atomic mass is 35.5. The fraction of sp³-hybridized carbons (Fsp3) is 0.455. The smallest absolute Gasteiger partial charge is 0.246 e. The van der Waals surface area contributed by atoms with E-state index >= 15 is 0 Å². The topological polar surface area (TPSA) is 63.4 Å². The number of halogens is 3. The lowest BCUT2D eigenvalue weighted by Gasteiger charge is -2.29. The Morgan fingerprint density at radius 3 is 2.68 bits per heavy atom. The molecule has 4 nitrogen and oxygen atoms in total. The van der Waals surface area contributed by atoms with Crippen LogP contribution in [0.15, 0.2) is 23.1 Å². The first-order valence-electron chi connectivity index (χ1n) is 5.62. The summed E-state index contributed by atoms with van der Waals surface area (Å²) in [5, 5.41) is 0.168. The second-order valence-corrected chi connectivity index (χ2v) is 6.68. The summed E-state index contributed by atoms with van der Waals surface area (Å²) in [4.78, 5) is -0.346. The maximum absolute atomic E-state index is 13.7. The van der Waals surface area contributed by atoms with Gasteiger partial charge in [0.1, 0.15) is 10.7 Å². The van der Waals surface area contributed by atoms with E-state index in [1.165, 1.54) is 16.4 Å². The summed E-state index contributed by atoms with van der Waals surface area (Å²) in [6.45, 7) is 0.600. The summed E-state index contributed by atoms with van der Waals surface area (Å²) in [5.41, 5.74) is 5.74. The minimum Gasteiger partial charge on any atom is -0.327 e. The number of nitrogens with two attached hydrogens (primary N) is 1. The maximum atomic E-state index is 13.7. The molecule has 19 heavy (non-hydrogen) atoms. The van der Waals surface area contributed by atoms with Crippen molar-refractivity contribution in [3.8, 4) is 0 Å². The highest BCUT2D eigenvalue weighted by Gasteiger charge is 2.30. The SMILES string of the molecule is Cl.NC1CCCN(S(=O)(=O)c2ccc(Cl)cc2F)C1. The molecule has 1 aliphatic rings. The standard InChI is InChI=1S/C11H14ClFN2O2S.ClH/c12-8-3-4-11(10(13)6-8)18(16,17)15-5-1-2-9(14)7-15;/h3-4,6,9H,1-2,5,7,14H2;1H. The summed E-state index contributed by atoms with van der Waals surface area (Å²) >= 11 is 5.61. The molecule has 0 saturated carbocycles. The average Bonchev–Trinajstić information content (AvgIpc) is 2.28. The Bertz CT molecular complexity index is 554. The molecule has 1 saturated heterocycles. The zero-order chi connectivity index (χ0) is 13.3. The molecule has 0 amide bonds. The van der Waals surface area contributed by atoms with Crippen LogP contribution in [0.3, 0.4) is 0 Å². The van der Waals surface area contributed by atoms with Crippen LogP contribution in [0, 0.1) is 5.82 Å². The zero-order valence-electron chi connectivity index (χ0n) is 10.1. The molecule has 1 aromatic carbocycles. The molecule has 1 fully saturated rings. The van der Waals surface area contributed by atoms with Gasteiger partial charge in [0.2, 0.25) is 10.0 Å². The summed E-state index contributed by atoms with van der Waals surface area (Å²) < 4.78 is 39.4. The summed E-state index contributed by atoms with van der Waals surface area (Å²) in [7, 11) is -3.82. The second kappa shape index (κ2) is 6.37. The number of piperidine rings is 1. The Balaban J connectivity index is 0.00000180. The summed E-state index contributed by atoms with van der Waals surface area (Å²) in [6, 6.07) is 3.36. The highest BCUT2D eigenvalue weighted by molar-refractivity contribution is 7.89. The molecule has 108 valence electrons. The van der Waals surface area contributed by atoms with Gasteiger partial charge in [0.05, 0.1) is 0 Å². The first-order chi connectivity index (χ1) is 8.41. The van der Waals surface area contributed by atoms with Crippen LogP contribution in [0.5, 0.6) is 0 Å². The van der Waals surface area contributed by atoms with Gasteiger partial charge in [-0.05, 0) is 31.0 Å². The molecule has 8 heteroatoms. The third kappa shape index (κ3) is 3.58. The quantitative estimate of drug-likeness (QED) is 0.903. The van der Waals surface area contributed by atoms with Gasteiger partial charge in [0.15, 0.2) is 0 Å². The Hall–Kier alpha value is -0.400. The van der Waals surface area contributed by atoms with Gasteiger partial charge < -0.3 is 5.73 Å². The van der Waals surface area contributed by atoms with Gasteiger partial charge in [0, 0.05) is 24.2 Å². The third-order valence-corrected chi connectivity index (χ3v) is 5.07. The first-order valence-corrected chi connectivity index (χ1v) is 7.44. The van der Waals surface area contributed by atoms with Crippen LogP contribution < -0.4 is 5.73 Å². The van der Waals surface area contributed by atoms with E-state index in [2.05, 4.69) is 0 Å². The van der Waals surface area contributed by atoms with Gasteiger partial charge >= 0.3 is 0 Å². The van der Waals surface area contributed by atoms with Crippen LogP contribution in [-0.4, -0.2) is 31.9 Å². The molecule has 1 heterocycles. The number of sulfonamides is 1. The minimum absolute atomic E-state index is 0. The van der Waals surface area contributed by atoms with E-state index in [1.807, 2.05) is 0 Å². The number of rotatable bonds is 2. The van der Waals surface area contributed by atoms with E-state index in [4.69, 9.17) is 17.3 Å². The predicted molar refractivity (Wildman–Crippen MR) is 74.6 cm³/mol. The Morgan fingerprint density at radius 2 is 2.11 bits per heavy atom. The third-order valence-electron chi connectivity index (χ3n) is 2.93. The van der Waals surface area contributed by atoms with Gasteiger partial charge in [-0.2, -0.15) is 4.31 Å². The van der Waals surface area contributed by atoms with Crippen molar-refractivity contribution in [2.75, 3.05) is 13.1 Å². The van der Waals surface area contributed by atoms with Crippen LogP contribution >= 0.6 is 24.0 Å². The molecule has 2 N–H and O–H groups in total. The second-order valence-electron chi connectivity index (χ2n) is 4.34. The monoisotopic (exact) mass is 328 g/mol. The van der Waals surface area contributed by atoms with Crippen molar-refractivity contribution in [3.05, 3.63) is 29.0 Å².